The summed E-state index contributed by atoms with van der Waals surface area (Å²) in [5.41, 5.74) is 7.25. The quantitative estimate of drug-likeness (QED) is 0.459. The van der Waals surface area contributed by atoms with Crippen LogP contribution in [0.15, 0.2) is 48.5 Å². The minimum atomic E-state index is -0.328. The van der Waals surface area contributed by atoms with Crippen LogP contribution >= 0.6 is 11.8 Å². The number of aromatic nitrogens is 3. The summed E-state index contributed by atoms with van der Waals surface area (Å²) in [6.45, 7) is 1.82. The first-order valence-electron chi connectivity index (χ1n) is 9.45. The number of benzene rings is 2. The number of amides is 1. The summed E-state index contributed by atoms with van der Waals surface area (Å²) in [4.78, 5) is 25.2. The number of thioether (sulfide) groups is 1. The lowest BCUT2D eigenvalue weighted by molar-refractivity contribution is -0.115. The number of hydrogen-bond donors (Lipinski definition) is 3. The zero-order chi connectivity index (χ0) is 22.2. The van der Waals surface area contributed by atoms with Crippen molar-refractivity contribution in [1.29, 1.82) is 0 Å². The monoisotopic (exact) mass is 440 g/mol. The number of hydrogen-bond acceptors (Lipinski definition) is 9. The molecule has 0 aliphatic heterocycles. The highest BCUT2D eigenvalue weighted by molar-refractivity contribution is 7.99. The van der Waals surface area contributed by atoms with E-state index < -0.39 is 0 Å². The van der Waals surface area contributed by atoms with Gasteiger partial charge in [0.25, 0.3) is 0 Å². The molecule has 0 aliphatic carbocycles. The number of ether oxygens (including phenoxy) is 2. The van der Waals surface area contributed by atoms with Gasteiger partial charge in [-0.3, -0.25) is 4.79 Å². The number of nitrogens with zero attached hydrogens (tertiary/aromatic N) is 3. The lowest BCUT2D eigenvalue weighted by Crippen LogP contribution is -2.22. The summed E-state index contributed by atoms with van der Waals surface area (Å²) < 4.78 is 10.4. The van der Waals surface area contributed by atoms with Crippen molar-refractivity contribution >= 4 is 40.9 Å². The van der Waals surface area contributed by atoms with Crippen LogP contribution in [0.1, 0.15) is 12.7 Å². The van der Waals surface area contributed by atoms with Crippen LogP contribution < -0.4 is 25.8 Å². The summed E-state index contributed by atoms with van der Waals surface area (Å²) in [6.07, 6.45) is 0. The molecule has 1 amide bonds. The Morgan fingerprint density at radius 3 is 2.52 bits per heavy atom. The van der Waals surface area contributed by atoms with Crippen LogP contribution in [0.5, 0.6) is 11.5 Å². The molecule has 0 aliphatic rings. The summed E-state index contributed by atoms with van der Waals surface area (Å²) in [5, 5.41) is 5.64. The number of carbonyl (C=O) groups is 1. The second kappa shape index (κ2) is 10.5. The Morgan fingerprint density at radius 2 is 1.81 bits per heavy atom. The van der Waals surface area contributed by atoms with E-state index in [0.29, 0.717) is 34.6 Å². The molecule has 0 saturated carbocycles. The predicted octanol–water partition coefficient (Wildman–Crippen LogP) is 3.48. The molecule has 0 saturated heterocycles. The number of nitrogen functional groups attached to an aromatic ring is 1. The fraction of sp³-hybridized carbons (Fsp3) is 0.238. The number of nitrogens with two attached hydrogens (primary N) is 1. The van der Waals surface area contributed by atoms with Crippen molar-refractivity contribution in [3.63, 3.8) is 0 Å². The number of para-hydroxylation sites is 2. The van der Waals surface area contributed by atoms with E-state index in [-0.39, 0.29) is 17.1 Å². The van der Waals surface area contributed by atoms with E-state index in [9.17, 15) is 4.79 Å². The van der Waals surface area contributed by atoms with Crippen LogP contribution in [0, 0.1) is 0 Å². The Balaban J connectivity index is 1.60. The van der Waals surface area contributed by atoms with Crippen LogP contribution in [0.4, 0.5) is 23.3 Å². The van der Waals surface area contributed by atoms with Gasteiger partial charge in [0.15, 0.2) is 0 Å². The molecule has 3 rings (SSSR count). The largest absolute Gasteiger partial charge is 0.497 e. The van der Waals surface area contributed by atoms with E-state index in [2.05, 4.69) is 25.6 Å². The van der Waals surface area contributed by atoms with Gasteiger partial charge in [-0.25, -0.2) is 0 Å². The van der Waals surface area contributed by atoms with Gasteiger partial charge in [0, 0.05) is 5.69 Å². The van der Waals surface area contributed by atoms with E-state index in [4.69, 9.17) is 15.2 Å². The molecular weight excluding hydrogens is 416 g/mol. The minimum absolute atomic E-state index is 0.0957. The van der Waals surface area contributed by atoms with Crippen molar-refractivity contribution in [3.8, 4) is 11.5 Å². The summed E-state index contributed by atoms with van der Waals surface area (Å²) in [6, 6.07) is 14.6. The fourth-order valence-electron chi connectivity index (χ4n) is 2.62. The predicted molar refractivity (Wildman–Crippen MR) is 123 cm³/mol. The molecule has 2 aromatic carbocycles. The summed E-state index contributed by atoms with van der Waals surface area (Å²) >= 11 is 1.40. The van der Waals surface area contributed by atoms with Gasteiger partial charge < -0.3 is 25.8 Å². The average Bonchev–Trinajstić information content (AvgIpc) is 2.78. The maximum absolute atomic E-state index is 12.5. The van der Waals surface area contributed by atoms with Gasteiger partial charge in [-0.05, 0) is 43.3 Å². The Bertz CT molecular complexity index is 1030. The Hall–Kier alpha value is -3.53. The number of nitrogens with one attached hydrogen (secondary N) is 2. The van der Waals surface area contributed by atoms with E-state index in [0.717, 1.165) is 5.75 Å². The molecule has 10 heteroatoms. The topological polar surface area (TPSA) is 124 Å². The highest BCUT2D eigenvalue weighted by Gasteiger charge is 2.16. The highest BCUT2D eigenvalue weighted by Crippen LogP contribution is 2.26. The van der Waals surface area contributed by atoms with Crippen molar-refractivity contribution in [2.24, 2.45) is 0 Å². The third-order valence-corrected chi connectivity index (χ3v) is 5.38. The first-order chi connectivity index (χ1) is 15.0. The highest BCUT2D eigenvalue weighted by atomic mass is 32.2. The van der Waals surface area contributed by atoms with Gasteiger partial charge in [-0.1, -0.05) is 12.1 Å². The van der Waals surface area contributed by atoms with Crippen molar-refractivity contribution < 1.29 is 14.3 Å². The van der Waals surface area contributed by atoms with Crippen molar-refractivity contribution in [2.45, 2.75) is 17.9 Å². The van der Waals surface area contributed by atoms with Gasteiger partial charge in [0.1, 0.15) is 17.3 Å². The third kappa shape index (κ3) is 6.22. The van der Waals surface area contributed by atoms with Crippen molar-refractivity contribution in [3.05, 3.63) is 54.4 Å². The summed E-state index contributed by atoms with van der Waals surface area (Å²) in [5.74, 6) is 2.53. The lowest BCUT2D eigenvalue weighted by atomic mass is 10.3. The van der Waals surface area contributed by atoms with Crippen LogP contribution in [-0.4, -0.2) is 40.3 Å². The Labute approximate surface area is 184 Å². The molecular formula is C21H24N6O3S. The molecule has 9 nitrogen and oxygen atoms in total. The van der Waals surface area contributed by atoms with E-state index in [1.165, 1.54) is 11.8 Å². The number of carbonyl (C=O) groups excluding carboxylic acids is 1. The van der Waals surface area contributed by atoms with Crippen molar-refractivity contribution in [1.82, 2.24) is 15.0 Å². The first kappa shape index (κ1) is 22.2. The fourth-order valence-corrected chi connectivity index (χ4v) is 3.36. The molecule has 0 fully saturated rings. The minimum Gasteiger partial charge on any atom is -0.497 e. The zero-order valence-electron chi connectivity index (χ0n) is 17.5. The molecule has 1 unspecified atom stereocenters. The molecule has 1 aromatic heterocycles. The molecule has 31 heavy (non-hydrogen) atoms. The molecule has 0 radical (unpaired) electrons. The molecule has 0 spiro atoms. The van der Waals surface area contributed by atoms with Gasteiger partial charge in [-0.2, -0.15) is 15.0 Å². The second-order valence-corrected chi connectivity index (χ2v) is 7.76. The number of methoxy groups -OCH3 is 2. The Morgan fingerprint density at radius 1 is 1.06 bits per heavy atom. The molecule has 0 bridgehead atoms. The van der Waals surface area contributed by atoms with Crippen molar-refractivity contribution in [2.75, 3.05) is 30.6 Å². The molecule has 1 heterocycles. The Kier molecular flexibility index (Phi) is 7.50. The van der Waals surface area contributed by atoms with Crippen LogP contribution in [-0.2, 0) is 10.5 Å². The van der Waals surface area contributed by atoms with Crippen LogP contribution in [0.25, 0.3) is 0 Å². The smallest absolute Gasteiger partial charge is 0.237 e. The summed E-state index contributed by atoms with van der Waals surface area (Å²) in [7, 11) is 3.18. The maximum atomic E-state index is 12.5. The number of anilines is 4. The van der Waals surface area contributed by atoms with E-state index >= 15 is 0 Å². The SMILES string of the molecule is COc1ccc(NC(=O)C(C)SCc2nc(N)nc(Nc3ccccc3OC)n2)cc1. The van der Waals surface area contributed by atoms with Gasteiger partial charge in [-0.15, -0.1) is 11.8 Å². The zero-order valence-corrected chi connectivity index (χ0v) is 18.3. The van der Waals surface area contributed by atoms with E-state index in [1.54, 1.807) is 38.5 Å². The van der Waals surface area contributed by atoms with Gasteiger partial charge in [0.2, 0.25) is 17.8 Å². The average molecular weight is 441 g/mol. The second-order valence-electron chi connectivity index (χ2n) is 6.43. The van der Waals surface area contributed by atoms with Crippen LogP contribution in [0.2, 0.25) is 0 Å². The molecule has 162 valence electrons. The third-order valence-electron chi connectivity index (χ3n) is 4.24. The lowest BCUT2D eigenvalue weighted by Gasteiger charge is -2.13. The number of rotatable bonds is 9. The maximum Gasteiger partial charge on any atom is 0.237 e. The standard InChI is InChI=1S/C21H24N6O3S/c1-13(19(28)23-14-8-10-15(29-2)11-9-14)31-12-18-25-20(22)27-21(26-18)24-16-6-4-5-7-17(16)30-3/h4-11,13H,12H2,1-3H3,(H,23,28)(H3,22,24,25,26,27). The van der Waals surface area contributed by atoms with Gasteiger partial charge in [0.05, 0.1) is 30.9 Å². The molecule has 4 N–H and O–H groups in total. The molecule has 1 atom stereocenters. The normalized spacial score (nSPS) is 11.5. The van der Waals surface area contributed by atoms with E-state index in [1.807, 2.05) is 31.2 Å². The van der Waals surface area contributed by atoms with Crippen LogP contribution in [0.3, 0.4) is 0 Å². The first-order valence-corrected chi connectivity index (χ1v) is 10.5. The molecule has 3 aromatic rings. The van der Waals surface area contributed by atoms with Gasteiger partial charge >= 0.3 is 0 Å².